The molecule has 53 heavy (non-hydrogen) atoms. The molecule has 0 rings (SSSR count). The van der Waals surface area contributed by atoms with Gasteiger partial charge in [0.2, 0.25) is 0 Å². The van der Waals surface area contributed by atoms with Gasteiger partial charge in [-0.3, -0.25) is 14.2 Å². The summed E-state index contributed by atoms with van der Waals surface area (Å²) in [7, 11) is 1.15. The average Bonchev–Trinajstić information content (AvgIpc) is 3.10. The molecule has 0 aromatic heterocycles. The molecule has 310 valence electrons. The normalized spacial score (nSPS) is 14.0. The largest absolute Gasteiger partial charge is 0.756 e. The fourth-order valence-corrected chi connectivity index (χ4v) is 6.22. The number of quaternary nitrogens is 1. The van der Waals surface area contributed by atoms with Gasteiger partial charge < -0.3 is 27.9 Å². The van der Waals surface area contributed by atoms with E-state index >= 15 is 0 Å². The van der Waals surface area contributed by atoms with E-state index in [9.17, 15) is 19.0 Å². The number of carbonyl (C=O) groups is 2. The molecular weight excluding hydrogens is 689 g/mol. The van der Waals surface area contributed by atoms with E-state index in [2.05, 4.69) is 50.3 Å². The summed E-state index contributed by atoms with van der Waals surface area (Å²) in [6.45, 7) is 4.15. The average molecular weight is 770 g/mol. The molecule has 9 nitrogen and oxygen atoms in total. The molecule has 0 aliphatic carbocycles. The SMILES string of the molecule is CCCC/C=C\C/C=C\CCCCCCCC(=O)OC[C@H](COP(=O)([O-])OCC[N+](C)(C)C)OC(=O)CCCCCCC/C=C\CCCCCCCC. The Hall–Kier alpha value is -1.77. The molecule has 0 N–H and O–H groups in total. The van der Waals surface area contributed by atoms with Crippen LogP contribution >= 0.6 is 7.82 Å². The second-order valence-electron chi connectivity index (χ2n) is 15.3. The number of phosphoric acid groups is 1. The van der Waals surface area contributed by atoms with Crippen molar-refractivity contribution in [3.05, 3.63) is 36.5 Å². The van der Waals surface area contributed by atoms with Gasteiger partial charge in [0.25, 0.3) is 7.82 Å². The van der Waals surface area contributed by atoms with Crippen LogP contribution in [0.3, 0.4) is 0 Å². The van der Waals surface area contributed by atoms with Crippen LogP contribution < -0.4 is 4.89 Å². The van der Waals surface area contributed by atoms with Crippen LogP contribution in [0.4, 0.5) is 0 Å². The van der Waals surface area contributed by atoms with E-state index in [1.807, 2.05) is 21.1 Å². The Bertz CT molecular complexity index is 1010. The van der Waals surface area contributed by atoms with E-state index in [4.69, 9.17) is 18.5 Å². The summed E-state index contributed by atoms with van der Waals surface area (Å²) in [4.78, 5) is 37.4. The van der Waals surface area contributed by atoms with Crippen molar-refractivity contribution >= 4 is 19.8 Å². The molecule has 0 saturated heterocycles. The van der Waals surface area contributed by atoms with Crippen molar-refractivity contribution in [2.45, 2.75) is 180 Å². The Morgan fingerprint density at radius 1 is 0.585 bits per heavy atom. The molecule has 0 aliphatic heterocycles. The summed E-state index contributed by atoms with van der Waals surface area (Å²) in [5.41, 5.74) is 0. The number of phosphoric ester groups is 1. The van der Waals surface area contributed by atoms with E-state index in [-0.39, 0.29) is 26.1 Å². The summed E-state index contributed by atoms with van der Waals surface area (Å²) in [5.74, 6) is -0.861. The molecule has 0 spiro atoms. The third-order valence-corrected chi connectivity index (χ3v) is 9.85. The molecule has 0 fully saturated rings. The molecule has 0 heterocycles. The second-order valence-corrected chi connectivity index (χ2v) is 16.8. The van der Waals surface area contributed by atoms with Crippen molar-refractivity contribution in [2.24, 2.45) is 0 Å². The van der Waals surface area contributed by atoms with Crippen molar-refractivity contribution in [3.8, 4) is 0 Å². The van der Waals surface area contributed by atoms with Gasteiger partial charge in [0, 0.05) is 12.8 Å². The van der Waals surface area contributed by atoms with Gasteiger partial charge in [-0.15, -0.1) is 0 Å². The maximum atomic E-state index is 12.6. The first-order valence-corrected chi connectivity index (χ1v) is 22.7. The monoisotopic (exact) mass is 770 g/mol. The zero-order valence-electron chi connectivity index (χ0n) is 34.7. The molecule has 0 amide bonds. The summed E-state index contributed by atoms with van der Waals surface area (Å²) in [5, 5.41) is 0. The lowest BCUT2D eigenvalue weighted by Crippen LogP contribution is -2.37. The predicted molar refractivity (Wildman–Crippen MR) is 217 cm³/mol. The number of unbranched alkanes of at least 4 members (excludes halogenated alkanes) is 18. The highest BCUT2D eigenvalue weighted by molar-refractivity contribution is 7.45. The third kappa shape index (κ3) is 39.7. The van der Waals surface area contributed by atoms with Crippen molar-refractivity contribution in [1.82, 2.24) is 0 Å². The van der Waals surface area contributed by atoms with E-state index in [0.717, 1.165) is 77.0 Å². The molecule has 10 heteroatoms. The Labute approximate surface area is 325 Å². The number of ether oxygens (including phenoxy) is 2. The van der Waals surface area contributed by atoms with Crippen LogP contribution in [0.2, 0.25) is 0 Å². The maximum Gasteiger partial charge on any atom is 0.306 e. The minimum Gasteiger partial charge on any atom is -0.756 e. The van der Waals surface area contributed by atoms with E-state index < -0.39 is 32.5 Å². The van der Waals surface area contributed by atoms with Crippen molar-refractivity contribution in [2.75, 3.05) is 47.5 Å². The van der Waals surface area contributed by atoms with Crippen LogP contribution in [0.15, 0.2) is 36.5 Å². The molecule has 0 bridgehead atoms. The van der Waals surface area contributed by atoms with Gasteiger partial charge in [-0.25, -0.2) is 0 Å². The first-order chi connectivity index (χ1) is 25.5. The smallest absolute Gasteiger partial charge is 0.306 e. The molecule has 0 aromatic rings. The van der Waals surface area contributed by atoms with E-state index in [0.29, 0.717) is 23.9 Å². The molecular formula is C43H80NO8P. The summed E-state index contributed by atoms with van der Waals surface area (Å²) in [6.07, 6.45) is 38.8. The molecule has 0 radical (unpaired) electrons. The number of esters is 2. The minimum atomic E-state index is -4.63. The van der Waals surface area contributed by atoms with Gasteiger partial charge in [0.1, 0.15) is 19.8 Å². The molecule has 0 aliphatic rings. The number of rotatable bonds is 38. The quantitative estimate of drug-likeness (QED) is 0.0201. The van der Waals surface area contributed by atoms with Crippen LogP contribution in [-0.2, 0) is 32.7 Å². The fourth-order valence-electron chi connectivity index (χ4n) is 5.49. The van der Waals surface area contributed by atoms with Crippen LogP contribution in [0, 0.1) is 0 Å². The van der Waals surface area contributed by atoms with Crippen molar-refractivity contribution < 1.29 is 42.1 Å². The highest BCUT2D eigenvalue weighted by atomic mass is 31.2. The first kappa shape index (κ1) is 51.2. The Kier molecular flexibility index (Phi) is 34.7. The number of allylic oxidation sites excluding steroid dienone is 6. The Balaban J connectivity index is 4.42. The van der Waals surface area contributed by atoms with Gasteiger partial charge in [0.15, 0.2) is 6.10 Å². The predicted octanol–water partition coefficient (Wildman–Crippen LogP) is 11.1. The lowest BCUT2D eigenvalue weighted by Gasteiger charge is -2.28. The fraction of sp³-hybridized carbons (Fsp3) is 0.814. The van der Waals surface area contributed by atoms with Crippen LogP contribution in [0.1, 0.15) is 174 Å². The van der Waals surface area contributed by atoms with Gasteiger partial charge in [0.05, 0.1) is 27.7 Å². The van der Waals surface area contributed by atoms with Crippen LogP contribution in [0.5, 0.6) is 0 Å². The summed E-state index contributed by atoms with van der Waals surface area (Å²) in [6, 6.07) is 0. The Morgan fingerprint density at radius 3 is 1.57 bits per heavy atom. The maximum absolute atomic E-state index is 12.6. The topological polar surface area (TPSA) is 111 Å². The van der Waals surface area contributed by atoms with E-state index in [1.165, 1.54) is 57.8 Å². The van der Waals surface area contributed by atoms with Gasteiger partial charge >= 0.3 is 11.9 Å². The molecule has 0 aromatic carbocycles. The second kappa shape index (κ2) is 35.9. The molecule has 1 unspecified atom stereocenters. The highest BCUT2D eigenvalue weighted by Gasteiger charge is 2.21. The number of nitrogens with zero attached hydrogens (tertiary/aromatic N) is 1. The van der Waals surface area contributed by atoms with E-state index in [1.54, 1.807) is 0 Å². The lowest BCUT2D eigenvalue weighted by atomic mass is 10.1. The number of hydrogen-bond acceptors (Lipinski definition) is 8. The summed E-state index contributed by atoms with van der Waals surface area (Å²) >= 11 is 0. The van der Waals surface area contributed by atoms with Crippen molar-refractivity contribution in [3.63, 3.8) is 0 Å². The van der Waals surface area contributed by atoms with Gasteiger partial charge in [-0.05, 0) is 64.2 Å². The van der Waals surface area contributed by atoms with Crippen LogP contribution in [0.25, 0.3) is 0 Å². The summed E-state index contributed by atoms with van der Waals surface area (Å²) < 4.78 is 33.8. The third-order valence-electron chi connectivity index (χ3n) is 8.88. The van der Waals surface area contributed by atoms with Gasteiger partial charge in [-0.1, -0.05) is 134 Å². The lowest BCUT2D eigenvalue weighted by molar-refractivity contribution is -0.870. The number of likely N-dealkylation sites (N-methyl/N-ethyl adjacent to an activating group) is 1. The molecule has 0 saturated carbocycles. The number of carbonyl (C=O) groups excluding carboxylic acids is 2. The Morgan fingerprint density at radius 2 is 1.04 bits per heavy atom. The number of hydrogen-bond donors (Lipinski definition) is 0. The molecule has 2 atom stereocenters. The highest BCUT2D eigenvalue weighted by Crippen LogP contribution is 2.38. The first-order valence-electron chi connectivity index (χ1n) is 21.2. The zero-order chi connectivity index (χ0) is 39.3. The minimum absolute atomic E-state index is 0.0350. The zero-order valence-corrected chi connectivity index (χ0v) is 35.6. The standard InChI is InChI=1S/C43H80NO8P/c1-6-8-10-12-14-16-18-20-22-24-26-28-30-32-34-36-43(46)52-41(40-51-53(47,48)50-38-37-44(3,4)5)39-49-42(45)35-33-31-29-27-25-23-21-19-17-15-13-11-9-7-2/h13,15,19-22,41H,6-12,14,16-18,23-40H2,1-5H3/b15-13-,21-19-,22-20-/t41-/m1/s1. The van der Waals surface area contributed by atoms with Gasteiger partial charge in [-0.2, -0.15) is 0 Å². The van der Waals surface area contributed by atoms with Crippen LogP contribution in [-0.4, -0.2) is 70.0 Å². The van der Waals surface area contributed by atoms with Crippen molar-refractivity contribution in [1.29, 1.82) is 0 Å².